The van der Waals surface area contributed by atoms with E-state index >= 15 is 0 Å². The Kier molecular flexibility index (Phi) is 2.65. The van der Waals surface area contributed by atoms with Gasteiger partial charge in [-0.05, 0) is 19.9 Å². The van der Waals surface area contributed by atoms with Gasteiger partial charge in [0.2, 0.25) is 0 Å². The first-order valence-corrected chi connectivity index (χ1v) is 3.82. The Balaban J connectivity index is 2.38. The van der Waals surface area contributed by atoms with Gasteiger partial charge in [0.1, 0.15) is 0 Å². The van der Waals surface area contributed by atoms with Crippen LogP contribution in [0.15, 0.2) is 0 Å². The van der Waals surface area contributed by atoms with Gasteiger partial charge in [-0.3, -0.25) is 0 Å². The maximum absolute atomic E-state index is 9.25. The second-order valence-corrected chi connectivity index (χ2v) is 3.05. The number of hydrogen-bond donors (Lipinski definition) is 2. The fourth-order valence-electron chi connectivity index (χ4n) is 1.42. The summed E-state index contributed by atoms with van der Waals surface area (Å²) >= 11 is 0. The lowest BCUT2D eigenvalue weighted by molar-refractivity contribution is 0.0588. The molecule has 0 aliphatic carbocycles. The number of nitrogens with two attached hydrogens (primary N) is 1. The lowest BCUT2D eigenvalue weighted by Gasteiger charge is -2.34. The second-order valence-electron chi connectivity index (χ2n) is 3.05. The minimum atomic E-state index is -0.121. The highest BCUT2D eigenvalue weighted by Gasteiger charge is 2.22. The van der Waals surface area contributed by atoms with Crippen molar-refractivity contribution in [1.82, 2.24) is 4.90 Å². The molecule has 1 heterocycles. The van der Waals surface area contributed by atoms with E-state index in [2.05, 4.69) is 11.9 Å². The summed E-state index contributed by atoms with van der Waals surface area (Å²) in [6.45, 7) is 1.64. The van der Waals surface area contributed by atoms with Gasteiger partial charge in [-0.25, -0.2) is 0 Å². The molecule has 1 fully saturated rings. The number of hydrogen-bond acceptors (Lipinski definition) is 3. The van der Waals surface area contributed by atoms with E-state index < -0.39 is 0 Å². The van der Waals surface area contributed by atoms with Gasteiger partial charge in [-0.1, -0.05) is 0 Å². The fraction of sp³-hybridized carbons (Fsp3) is 1.00. The van der Waals surface area contributed by atoms with E-state index in [1.807, 2.05) is 0 Å². The Labute approximate surface area is 61.8 Å². The molecule has 60 valence electrons. The molecule has 0 aromatic rings. The van der Waals surface area contributed by atoms with E-state index in [-0.39, 0.29) is 6.10 Å². The van der Waals surface area contributed by atoms with E-state index in [0.29, 0.717) is 12.6 Å². The maximum Gasteiger partial charge on any atom is 0.0567 e. The standard InChI is InChI=1S/C7H16N2O/c1-9-3-2-7(10)4-6(9)5-8/h6-7,10H,2-5,8H2,1H3. The van der Waals surface area contributed by atoms with Gasteiger partial charge in [0.05, 0.1) is 6.10 Å². The Morgan fingerprint density at radius 1 is 1.70 bits per heavy atom. The average molecular weight is 144 g/mol. The Morgan fingerprint density at radius 2 is 2.40 bits per heavy atom. The van der Waals surface area contributed by atoms with Crippen LogP contribution in [0.2, 0.25) is 0 Å². The first kappa shape index (κ1) is 7.98. The quantitative estimate of drug-likeness (QED) is 0.516. The molecule has 10 heavy (non-hydrogen) atoms. The van der Waals surface area contributed by atoms with Crippen molar-refractivity contribution < 1.29 is 5.11 Å². The van der Waals surface area contributed by atoms with Crippen molar-refractivity contribution in [3.8, 4) is 0 Å². The van der Waals surface area contributed by atoms with Crippen LogP contribution in [0.4, 0.5) is 0 Å². The number of rotatable bonds is 1. The van der Waals surface area contributed by atoms with Crippen molar-refractivity contribution in [3.63, 3.8) is 0 Å². The summed E-state index contributed by atoms with van der Waals surface area (Å²) in [5, 5.41) is 9.25. The fourth-order valence-corrected chi connectivity index (χ4v) is 1.42. The van der Waals surface area contributed by atoms with E-state index in [0.717, 1.165) is 19.4 Å². The molecular formula is C7H16N2O. The summed E-state index contributed by atoms with van der Waals surface area (Å²) in [5.41, 5.74) is 5.50. The molecule has 0 radical (unpaired) electrons. The van der Waals surface area contributed by atoms with Gasteiger partial charge in [-0.2, -0.15) is 0 Å². The molecule has 3 nitrogen and oxygen atoms in total. The Hall–Kier alpha value is -0.120. The summed E-state index contributed by atoms with van der Waals surface area (Å²) in [6, 6.07) is 0.392. The largest absolute Gasteiger partial charge is 0.393 e. The number of nitrogens with zero attached hydrogens (tertiary/aromatic N) is 1. The van der Waals surface area contributed by atoms with Crippen LogP contribution >= 0.6 is 0 Å². The number of aliphatic hydroxyl groups excluding tert-OH is 1. The van der Waals surface area contributed by atoms with Crippen molar-refractivity contribution in [3.05, 3.63) is 0 Å². The summed E-state index contributed by atoms with van der Waals surface area (Å²) in [7, 11) is 2.06. The number of aliphatic hydroxyl groups is 1. The first-order chi connectivity index (χ1) is 4.74. The molecule has 2 atom stereocenters. The lowest BCUT2D eigenvalue weighted by atomic mass is 10.0. The third-order valence-electron chi connectivity index (χ3n) is 2.25. The molecule has 1 saturated heterocycles. The SMILES string of the molecule is CN1CCC(O)CC1CN. The predicted molar refractivity (Wildman–Crippen MR) is 40.7 cm³/mol. The molecule has 3 N–H and O–H groups in total. The van der Waals surface area contributed by atoms with E-state index in [1.165, 1.54) is 0 Å². The summed E-state index contributed by atoms with van der Waals surface area (Å²) < 4.78 is 0. The minimum absolute atomic E-state index is 0.121. The lowest BCUT2D eigenvalue weighted by Crippen LogP contribution is -2.45. The van der Waals surface area contributed by atoms with Gasteiger partial charge in [0.15, 0.2) is 0 Å². The van der Waals surface area contributed by atoms with Crippen LogP contribution in [0, 0.1) is 0 Å². The Bertz CT molecular complexity index is 108. The third-order valence-corrected chi connectivity index (χ3v) is 2.25. The van der Waals surface area contributed by atoms with E-state index in [4.69, 9.17) is 5.73 Å². The highest BCUT2D eigenvalue weighted by Crippen LogP contribution is 2.14. The maximum atomic E-state index is 9.25. The van der Waals surface area contributed by atoms with Gasteiger partial charge in [0.25, 0.3) is 0 Å². The summed E-state index contributed by atoms with van der Waals surface area (Å²) in [6.07, 6.45) is 1.62. The van der Waals surface area contributed by atoms with Gasteiger partial charge < -0.3 is 15.7 Å². The average Bonchev–Trinajstić information content (AvgIpc) is 1.94. The van der Waals surface area contributed by atoms with Crippen molar-refractivity contribution in [1.29, 1.82) is 0 Å². The predicted octanol–water partition coefficient (Wildman–Crippen LogP) is -0.600. The molecule has 0 spiro atoms. The molecule has 3 heteroatoms. The van der Waals surface area contributed by atoms with Crippen LogP contribution in [0.1, 0.15) is 12.8 Å². The molecule has 1 aliphatic rings. The van der Waals surface area contributed by atoms with Crippen LogP contribution in [-0.2, 0) is 0 Å². The van der Waals surface area contributed by atoms with Crippen molar-refractivity contribution in [2.75, 3.05) is 20.1 Å². The van der Waals surface area contributed by atoms with Crippen molar-refractivity contribution in [2.45, 2.75) is 25.0 Å². The molecular weight excluding hydrogens is 128 g/mol. The van der Waals surface area contributed by atoms with Gasteiger partial charge >= 0.3 is 0 Å². The minimum Gasteiger partial charge on any atom is -0.393 e. The smallest absolute Gasteiger partial charge is 0.0567 e. The highest BCUT2D eigenvalue weighted by molar-refractivity contribution is 4.79. The molecule has 2 unspecified atom stereocenters. The van der Waals surface area contributed by atoms with E-state index in [1.54, 1.807) is 0 Å². The van der Waals surface area contributed by atoms with E-state index in [9.17, 15) is 5.11 Å². The highest BCUT2D eigenvalue weighted by atomic mass is 16.3. The van der Waals surface area contributed by atoms with Crippen LogP contribution in [0.25, 0.3) is 0 Å². The number of piperidine rings is 1. The Morgan fingerprint density at radius 3 is 2.90 bits per heavy atom. The molecule has 1 aliphatic heterocycles. The van der Waals surface area contributed by atoms with Gasteiger partial charge in [0, 0.05) is 19.1 Å². The number of likely N-dealkylation sites (N-methyl/N-ethyl adjacent to an activating group) is 1. The molecule has 0 aromatic heterocycles. The van der Waals surface area contributed by atoms with Gasteiger partial charge in [-0.15, -0.1) is 0 Å². The molecule has 0 bridgehead atoms. The van der Waals surface area contributed by atoms with Crippen LogP contribution in [0.3, 0.4) is 0 Å². The third kappa shape index (κ3) is 1.68. The monoisotopic (exact) mass is 144 g/mol. The topological polar surface area (TPSA) is 49.5 Å². The normalized spacial score (nSPS) is 36.3. The van der Waals surface area contributed by atoms with Crippen molar-refractivity contribution in [2.24, 2.45) is 5.73 Å². The molecule has 0 saturated carbocycles. The first-order valence-electron chi connectivity index (χ1n) is 3.82. The number of likely N-dealkylation sites (tertiary alicyclic amines) is 1. The molecule has 0 aromatic carbocycles. The van der Waals surface area contributed by atoms with Crippen molar-refractivity contribution >= 4 is 0 Å². The summed E-state index contributed by atoms with van der Waals surface area (Å²) in [5.74, 6) is 0. The van der Waals surface area contributed by atoms with Crippen LogP contribution in [-0.4, -0.2) is 42.3 Å². The van der Waals surface area contributed by atoms with Crippen LogP contribution in [0.5, 0.6) is 0 Å². The second kappa shape index (κ2) is 3.32. The zero-order chi connectivity index (χ0) is 7.56. The molecule has 0 amide bonds. The zero-order valence-electron chi connectivity index (χ0n) is 6.45. The zero-order valence-corrected chi connectivity index (χ0v) is 6.45. The summed E-state index contributed by atoms with van der Waals surface area (Å²) in [4.78, 5) is 2.22. The molecule has 1 rings (SSSR count). The van der Waals surface area contributed by atoms with Crippen LogP contribution < -0.4 is 5.73 Å².